The summed E-state index contributed by atoms with van der Waals surface area (Å²) in [7, 11) is 0. The summed E-state index contributed by atoms with van der Waals surface area (Å²) < 4.78 is 0. The Labute approximate surface area is 96.4 Å². The Balaban J connectivity index is 0. The Morgan fingerprint density at radius 1 is 1.14 bits per heavy atom. The predicted molar refractivity (Wildman–Crippen MR) is 60.2 cm³/mol. The molecule has 0 saturated heterocycles. The van der Waals surface area contributed by atoms with Gasteiger partial charge < -0.3 is 0 Å². The molecule has 0 aromatic carbocycles. The first-order chi connectivity index (χ1) is 6.62. The minimum absolute atomic E-state index is 0.00617. The molecule has 0 saturated carbocycles. The molecule has 0 N–H and O–H groups in total. The maximum absolute atomic E-state index is 8.12. The number of rotatable bonds is 4. The molecule has 0 spiro atoms. The molecule has 0 aliphatic carbocycles. The quantitative estimate of drug-likeness (QED) is 0.699. The van der Waals surface area contributed by atoms with E-state index in [-0.39, 0.29) is 5.92 Å². The van der Waals surface area contributed by atoms with Crippen LogP contribution in [-0.2, 0) is 0 Å². The summed E-state index contributed by atoms with van der Waals surface area (Å²) in [5.41, 5.74) is 0. The number of nitrogens with zero attached hydrogens (tertiary/aromatic N) is 2. The highest BCUT2D eigenvalue weighted by Gasteiger charge is 1.96. The molecule has 0 aromatic heterocycles. The van der Waals surface area contributed by atoms with E-state index in [4.69, 9.17) is 33.7 Å². The van der Waals surface area contributed by atoms with Gasteiger partial charge in [0.05, 0.1) is 18.1 Å². The highest BCUT2D eigenvalue weighted by Crippen LogP contribution is 2.05. The zero-order chi connectivity index (χ0) is 11.4. The second-order valence-electron chi connectivity index (χ2n) is 3.14. The van der Waals surface area contributed by atoms with Gasteiger partial charge in [-0.3, -0.25) is 0 Å². The predicted octanol–water partition coefficient (Wildman–Crippen LogP) is 3.55. The monoisotopic (exact) mass is 234 g/mol. The van der Waals surface area contributed by atoms with E-state index in [0.29, 0.717) is 24.1 Å². The fourth-order valence-corrected chi connectivity index (χ4v) is 0.646. The standard InChI is InChI=1S/C6H10ClN.C4H6ClN/c1-6(5-7)3-2-4-8;1-4(2-5)3-6/h6H,2-3,5H2,1H3;4H,2H2,1H3. The maximum Gasteiger partial charge on any atom is 0.0665 e. The molecule has 0 heterocycles. The Morgan fingerprint density at radius 3 is 1.93 bits per heavy atom. The van der Waals surface area contributed by atoms with Gasteiger partial charge in [0.15, 0.2) is 0 Å². The molecule has 0 fully saturated rings. The number of nitriles is 2. The molecule has 2 atom stereocenters. The summed E-state index contributed by atoms with van der Waals surface area (Å²) in [5.74, 6) is 1.61. The van der Waals surface area contributed by atoms with Crippen molar-refractivity contribution < 1.29 is 0 Å². The zero-order valence-electron chi connectivity index (χ0n) is 8.63. The Bertz CT molecular complexity index is 193. The van der Waals surface area contributed by atoms with Crippen LogP contribution < -0.4 is 0 Å². The van der Waals surface area contributed by atoms with E-state index >= 15 is 0 Å². The van der Waals surface area contributed by atoms with Crippen molar-refractivity contribution in [1.82, 2.24) is 0 Å². The molecule has 4 heteroatoms. The van der Waals surface area contributed by atoms with Crippen molar-refractivity contribution in [2.45, 2.75) is 26.7 Å². The van der Waals surface area contributed by atoms with Crippen molar-refractivity contribution in [2.75, 3.05) is 11.8 Å². The number of halogens is 2. The first-order valence-corrected chi connectivity index (χ1v) is 5.57. The van der Waals surface area contributed by atoms with Gasteiger partial charge in [0.2, 0.25) is 0 Å². The van der Waals surface area contributed by atoms with Gasteiger partial charge in [-0.15, -0.1) is 23.2 Å². The summed E-state index contributed by atoms with van der Waals surface area (Å²) >= 11 is 10.7. The van der Waals surface area contributed by atoms with E-state index in [9.17, 15) is 0 Å². The van der Waals surface area contributed by atoms with Crippen LogP contribution in [0.4, 0.5) is 0 Å². The third-order valence-electron chi connectivity index (χ3n) is 1.46. The van der Waals surface area contributed by atoms with E-state index in [1.807, 2.05) is 13.0 Å². The smallest absolute Gasteiger partial charge is 0.0665 e. The van der Waals surface area contributed by atoms with Crippen LogP contribution in [0, 0.1) is 34.5 Å². The summed E-state index contributed by atoms with van der Waals surface area (Å²) in [6.45, 7) is 3.83. The first-order valence-electron chi connectivity index (χ1n) is 4.50. The largest absolute Gasteiger partial charge is 0.198 e. The molecule has 2 unspecified atom stereocenters. The van der Waals surface area contributed by atoms with Gasteiger partial charge in [-0.1, -0.05) is 6.92 Å². The summed E-state index contributed by atoms with van der Waals surface area (Å²) in [6.07, 6.45) is 1.56. The average molecular weight is 235 g/mol. The molecule has 0 aliphatic rings. The molecular weight excluding hydrogens is 219 g/mol. The molecule has 0 radical (unpaired) electrons. The SMILES string of the molecule is CC(C#N)CCl.CC(CCl)CCC#N. The molecule has 0 aromatic rings. The van der Waals surface area contributed by atoms with Gasteiger partial charge in [-0.2, -0.15) is 10.5 Å². The van der Waals surface area contributed by atoms with Gasteiger partial charge in [-0.25, -0.2) is 0 Å². The Morgan fingerprint density at radius 2 is 1.71 bits per heavy atom. The van der Waals surface area contributed by atoms with Gasteiger partial charge in [-0.05, 0) is 19.3 Å². The summed E-state index contributed by atoms with van der Waals surface area (Å²) in [5, 5.41) is 16.1. The van der Waals surface area contributed by atoms with E-state index < -0.39 is 0 Å². The van der Waals surface area contributed by atoms with E-state index in [1.165, 1.54) is 0 Å². The molecule has 2 nitrogen and oxygen atoms in total. The Hall–Kier alpha value is -0.440. The zero-order valence-corrected chi connectivity index (χ0v) is 10.1. The van der Waals surface area contributed by atoms with Crippen LogP contribution in [0.2, 0.25) is 0 Å². The van der Waals surface area contributed by atoms with E-state index in [0.717, 1.165) is 6.42 Å². The van der Waals surface area contributed by atoms with Crippen LogP contribution in [0.25, 0.3) is 0 Å². The third-order valence-corrected chi connectivity index (χ3v) is 2.45. The molecule has 0 rings (SSSR count). The van der Waals surface area contributed by atoms with Crippen molar-refractivity contribution >= 4 is 23.2 Å². The van der Waals surface area contributed by atoms with Crippen molar-refractivity contribution in [3.05, 3.63) is 0 Å². The lowest BCUT2D eigenvalue weighted by Gasteiger charge is -1.99. The molecule has 0 aliphatic heterocycles. The minimum atomic E-state index is 0.00617. The van der Waals surface area contributed by atoms with Crippen LogP contribution in [0.5, 0.6) is 0 Å². The fourth-order valence-electron chi connectivity index (χ4n) is 0.423. The molecular formula is C10H16Cl2N2. The minimum Gasteiger partial charge on any atom is -0.198 e. The second-order valence-corrected chi connectivity index (χ2v) is 3.76. The maximum atomic E-state index is 8.12. The third kappa shape index (κ3) is 14.1. The van der Waals surface area contributed by atoms with E-state index in [2.05, 4.69) is 6.07 Å². The fraction of sp³-hybridized carbons (Fsp3) is 0.800. The van der Waals surface area contributed by atoms with Crippen LogP contribution in [-0.4, -0.2) is 11.8 Å². The van der Waals surface area contributed by atoms with Crippen LogP contribution in [0.3, 0.4) is 0 Å². The highest BCUT2D eigenvalue weighted by molar-refractivity contribution is 6.18. The topological polar surface area (TPSA) is 47.6 Å². The first kappa shape index (κ1) is 16.0. The van der Waals surface area contributed by atoms with Crippen LogP contribution >= 0.6 is 23.2 Å². The molecule has 14 heavy (non-hydrogen) atoms. The average Bonchev–Trinajstić information content (AvgIpc) is 2.25. The van der Waals surface area contributed by atoms with Gasteiger partial charge >= 0.3 is 0 Å². The second kappa shape index (κ2) is 12.6. The van der Waals surface area contributed by atoms with Crippen LogP contribution in [0.1, 0.15) is 26.7 Å². The molecule has 80 valence electrons. The van der Waals surface area contributed by atoms with Crippen molar-refractivity contribution in [3.8, 4) is 12.1 Å². The van der Waals surface area contributed by atoms with E-state index in [1.54, 1.807) is 6.92 Å². The van der Waals surface area contributed by atoms with Crippen molar-refractivity contribution in [1.29, 1.82) is 10.5 Å². The Kier molecular flexibility index (Phi) is 14.4. The number of alkyl halides is 2. The van der Waals surface area contributed by atoms with Gasteiger partial charge in [0.1, 0.15) is 0 Å². The summed E-state index contributed by atoms with van der Waals surface area (Å²) in [4.78, 5) is 0. The van der Waals surface area contributed by atoms with Gasteiger partial charge in [0.25, 0.3) is 0 Å². The number of hydrogen-bond acceptors (Lipinski definition) is 2. The lowest BCUT2D eigenvalue weighted by Crippen LogP contribution is -1.93. The van der Waals surface area contributed by atoms with Crippen molar-refractivity contribution in [2.24, 2.45) is 11.8 Å². The van der Waals surface area contributed by atoms with Gasteiger partial charge in [0, 0.05) is 18.2 Å². The lowest BCUT2D eigenvalue weighted by molar-refractivity contribution is 0.604. The highest BCUT2D eigenvalue weighted by atomic mass is 35.5. The van der Waals surface area contributed by atoms with Crippen molar-refractivity contribution in [3.63, 3.8) is 0 Å². The number of hydrogen-bond donors (Lipinski definition) is 0. The lowest BCUT2D eigenvalue weighted by atomic mass is 10.1. The molecule has 0 amide bonds. The normalized spacial score (nSPS) is 12.7. The molecule has 0 bridgehead atoms. The van der Waals surface area contributed by atoms with Crippen LogP contribution in [0.15, 0.2) is 0 Å². The summed E-state index contributed by atoms with van der Waals surface area (Å²) in [6, 6.07) is 4.06.